The summed E-state index contributed by atoms with van der Waals surface area (Å²) in [6.07, 6.45) is 9.35. The Morgan fingerprint density at radius 3 is 2.74 bits per heavy atom. The number of aromatic nitrogens is 5. The Morgan fingerprint density at radius 2 is 2.09 bits per heavy atom. The van der Waals surface area contributed by atoms with E-state index in [-0.39, 0.29) is 25.3 Å². The number of nitrogens with zero attached hydrogens (tertiary/aromatic N) is 8. The summed E-state index contributed by atoms with van der Waals surface area (Å²) in [7, 11) is -1.45. The molecule has 34 heavy (non-hydrogen) atoms. The summed E-state index contributed by atoms with van der Waals surface area (Å²) in [5.74, 6) is 0.0405. The van der Waals surface area contributed by atoms with Crippen LogP contribution < -0.4 is 5.73 Å². The number of hydrogen-bond acceptors (Lipinski definition) is 8. The topological polar surface area (TPSA) is 138 Å². The first-order valence-corrected chi connectivity index (χ1v) is 12.5. The highest BCUT2D eigenvalue weighted by molar-refractivity contribution is 7.89. The fourth-order valence-corrected chi connectivity index (χ4v) is 5.75. The smallest absolute Gasteiger partial charge is 0.213 e. The van der Waals surface area contributed by atoms with Crippen LogP contribution in [0.25, 0.3) is 22.5 Å². The molecule has 0 atom stereocenters. The molecule has 0 spiro atoms. The van der Waals surface area contributed by atoms with E-state index in [4.69, 9.17) is 10.7 Å². The second-order valence-electron chi connectivity index (χ2n) is 8.64. The maximum absolute atomic E-state index is 12.3. The average molecular weight is 480 g/mol. The van der Waals surface area contributed by atoms with Crippen LogP contribution in [0.4, 0.5) is 0 Å². The molecule has 5 heterocycles. The highest BCUT2D eigenvalue weighted by Crippen LogP contribution is 2.37. The van der Waals surface area contributed by atoms with Crippen LogP contribution >= 0.6 is 0 Å². The van der Waals surface area contributed by atoms with Crippen molar-refractivity contribution in [1.29, 1.82) is 5.26 Å². The first-order chi connectivity index (χ1) is 16.3. The van der Waals surface area contributed by atoms with Crippen LogP contribution in [0.2, 0.25) is 0 Å². The Balaban J connectivity index is 1.48. The minimum absolute atomic E-state index is 0.0405. The number of nitriles is 1. The molecule has 12 heteroatoms. The van der Waals surface area contributed by atoms with Crippen LogP contribution in [0.3, 0.4) is 0 Å². The lowest BCUT2D eigenvalue weighted by Crippen LogP contribution is -2.70. The van der Waals surface area contributed by atoms with Gasteiger partial charge in [0, 0.05) is 55.4 Å². The van der Waals surface area contributed by atoms with Crippen molar-refractivity contribution in [2.75, 3.05) is 25.4 Å². The van der Waals surface area contributed by atoms with Gasteiger partial charge in [-0.05, 0) is 19.1 Å². The summed E-state index contributed by atoms with van der Waals surface area (Å²) in [5, 5.41) is 18.1. The highest BCUT2D eigenvalue weighted by atomic mass is 32.2. The molecule has 11 nitrogen and oxygen atoms in total. The first-order valence-electron chi connectivity index (χ1n) is 10.9. The van der Waals surface area contributed by atoms with Gasteiger partial charge < -0.3 is 10.6 Å². The van der Waals surface area contributed by atoms with Gasteiger partial charge in [-0.1, -0.05) is 0 Å². The molecule has 5 rings (SSSR count). The monoisotopic (exact) mass is 479 g/mol. The normalized spacial score (nSPS) is 18.3. The molecule has 0 aromatic carbocycles. The van der Waals surface area contributed by atoms with Gasteiger partial charge in [-0.3, -0.25) is 4.68 Å². The molecule has 1 saturated heterocycles. The molecule has 0 aliphatic carbocycles. The predicted molar refractivity (Wildman–Crippen MR) is 126 cm³/mol. The lowest BCUT2D eigenvalue weighted by atomic mass is 9.86. The van der Waals surface area contributed by atoms with Crippen LogP contribution in [-0.2, 0) is 17.1 Å². The maximum Gasteiger partial charge on any atom is 0.213 e. The number of fused-ring (bicyclic) bond motifs is 1. The molecule has 2 N–H and O–H groups in total. The quantitative estimate of drug-likeness (QED) is 0.551. The van der Waals surface area contributed by atoms with E-state index in [0.29, 0.717) is 17.9 Å². The van der Waals surface area contributed by atoms with Gasteiger partial charge in [0.2, 0.25) is 10.0 Å². The largest absolute Gasteiger partial charge is 0.400 e. The number of nitrogens with two attached hydrogens (primary N) is 1. The van der Waals surface area contributed by atoms with E-state index in [1.165, 1.54) is 4.31 Å². The molecule has 0 bridgehead atoms. The number of aryl methyl sites for hydroxylation is 1. The fraction of sp³-hybridized carbons (Fsp3) is 0.364. The number of hydrogen-bond donors (Lipinski definition) is 1. The van der Waals surface area contributed by atoms with Gasteiger partial charge in [-0.25, -0.2) is 17.9 Å². The van der Waals surface area contributed by atoms with Gasteiger partial charge in [-0.15, -0.1) is 0 Å². The Labute approximate surface area is 197 Å². The molecular formula is C22H25N9O2S. The van der Waals surface area contributed by atoms with Crippen LogP contribution in [0.1, 0.15) is 19.0 Å². The zero-order valence-corrected chi connectivity index (χ0v) is 19.8. The third-order valence-corrected chi connectivity index (χ3v) is 8.24. The minimum atomic E-state index is -3.30. The van der Waals surface area contributed by atoms with E-state index < -0.39 is 15.6 Å². The van der Waals surface area contributed by atoms with Crippen LogP contribution in [0.15, 0.2) is 48.7 Å². The van der Waals surface area contributed by atoms with Gasteiger partial charge in [-0.2, -0.15) is 19.8 Å². The summed E-state index contributed by atoms with van der Waals surface area (Å²) in [5.41, 5.74) is 10.5. The van der Waals surface area contributed by atoms with Crippen molar-refractivity contribution in [3.8, 4) is 17.3 Å². The molecule has 0 saturated carbocycles. The van der Waals surface area contributed by atoms with E-state index in [9.17, 15) is 13.7 Å². The minimum Gasteiger partial charge on any atom is -0.400 e. The summed E-state index contributed by atoms with van der Waals surface area (Å²) in [4.78, 5) is 6.68. The molecule has 3 aromatic rings. The summed E-state index contributed by atoms with van der Waals surface area (Å²) in [6, 6.07) is 5.98. The maximum atomic E-state index is 12.3. The fourth-order valence-electron chi connectivity index (χ4n) is 4.51. The van der Waals surface area contributed by atoms with Crippen molar-refractivity contribution in [2.45, 2.75) is 18.9 Å². The second-order valence-corrected chi connectivity index (χ2v) is 10.9. The average Bonchev–Trinajstić information content (AvgIpc) is 3.44. The Kier molecular flexibility index (Phi) is 5.18. The summed E-state index contributed by atoms with van der Waals surface area (Å²) in [6.45, 7) is 2.54. The van der Waals surface area contributed by atoms with E-state index in [0.717, 1.165) is 22.5 Å². The van der Waals surface area contributed by atoms with Gasteiger partial charge in [0.15, 0.2) is 5.65 Å². The van der Waals surface area contributed by atoms with E-state index in [2.05, 4.69) is 16.3 Å². The third kappa shape index (κ3) is 3.53. The van der Waals surface area contributed by atoms with E-state index in [1.54, 1.807) is 28.5 Å². The lowest BCUT2D eigenvalue weighted by Gasteiger charge is -2.54. The summed E-state index contributed by atoms with van der Waals surface area (Å²) >= 11 is 0. The number of allylic oxidation sites excluding steroid dienone is 2. The highest BCUT2D eigenvalue weighted by Gasteiger charge is 2.51. The number of rotatable bonds is 6. The standard InChI is InChI=1S/C22H25N9O2S/c1-3-34(32,33)30-14-22(15-30,6-7-23)29-9-5-17(18(24)13-29)20-10-19(16-11-26-28(2)12-16)27-21-4-8-25-31(20)21/h4-5,8-12H,3,6,13-15,24H2,1-2H3. The molecule has 0 amide bonds. The van der Waals surface area contributed by atoms with Crippen molar-refractivity contribution >= 4 is 21.2 Å². The van der Waals surface area contributed by atoms with Crippen molar-refractivity contribution in [3.05, 3.63) is 54.4 Å². The predicted octanol–water partition coefficient (Wildman–Crippen LogP) is 0.947. The van der Waals surface area contributed by atoms with Crippen molar-refractivity contribution in [2.24, 2.45) is 12.8 Å². The SMILES string of the molecule is CCS(=O)(=O)N1CC(CC#N)(N2C=CC(c3cc(-c4cnn(C)c4)nc4ccnn34)=C(N)C2)C1. The third-order valence-electron chi connectivity index (χ3n) is 6.46. The molecule has 2 aliphatic rings. The molecule has 1 fully saturated rings. The Morgan fingerprint density at radius 1 is 1.29 bits per heavy atom. The van der Waals surface area contributed by atoms with Crippen LogP contribution in [-0.4, -0.2) is 72.9 Å². The van der Waals surface area contributed by atoms with Crippen molar-refractivity contribution in [3.63, 3.8) is 0 Å². The van der Waals surface area contributed by atoms with Gasteiger partial charge in [0.05, 0.1) is 54.1 Å². The zero-order chi connectivity index (χ0) is 24.1. The number of sulfonamides is 1. The molecule has 176 valence electrons. The molecule has 2 aliphatic heterocycles. The second kappa shape index (κ2) is 7.96. The first kappa shape index (κ1) is 22.1. The Bertz CT molecular complexity index is 1470. The van der Waals surface area contributed by atoms with Crippen molar-refractivity contribution in [1.82, 2.24) is 33.6 Å². The van der Waals surface area contributed by atoms with Crippen LogP contribution in [0, 0.1) is 11.3 Å². The lowest BCUT2D eigenvalue weighted by molar-refractivity contribution is 0.0281. The Hall–Kier alpha value is -3.69. The van der Waals surface area contributed by atoms with Gasteiger partial charge in [0.25, 0.3) is 0 Å². The van der Waals surface area contributed by atoms with E-state index in [1.807, 2.05) is 42.6 Å². The molecule has 0 unspecified atom stereocenters. The van der Waals surface area contributed by atoms with Gasteiger partial charge in [0.1, 0.15) is 0 Å². The summed E-state index contributed by atoms with van der Waals surface area (Å²) < 4.78 is 29.4. The van der Waals surface area contributed by atoms with Gasteiger partial charge >= 0.3 is 0 Å². The molecular weight excluding hydrogens is 454 g/mol. The van der Waals surface area contributed by atoms with Crippen LogP contribution in [0.5, 0.6) is 0 Å². The van der Waals surface area contributed by atoms with E-state index >= 15 is 0 Å². The molecule has 0 radical (unpaired) electrons. The zero-order valence-electron chi connectivity index (χ0n) is 19.0. The van der Waals surface area contributed by atoms with Crippen molar-refractivity contribution < 1.29 is 8.42 Å². The molecule has 3 aromatic heterocycles.